The van der Waals surface area contributed by atoms with E-state index < -0.39 is 0 Å². The van der Waals surface area contributed by atoms with E-state index in [0.717, 1.165) is 37.5 Å². The van der Waals surface area contributed by atoms with E-state index in [0.29, 0.717) is 0 Å². The summed E-state index contributed by atoms with van der Waals surface area (Å²) in [7, 11) is 0. The van der Waals surface area contributed by atoms with Gasteiger partial charge in [0, 0.05) is 12.1 Å². The van der Waals surface area contributed by atoms with Crippen LogP contribution in [0.15, 0.2) is 24.3 Å². The summed E-state index contributed by atoms with van der Waals surface area (Å²) in [6, 6.07) is 8.15. The summed E-state index contributed by atoms with van der Waals surface area (Å²) in [5.41, 5.74) is 1.32. The molecule has 0 spiro atoms. The Morgan fingerprint density at radius 1 is 1.24 bits per heavy atom. The minimum absolute atomic E-state index is 0.151. The first-order valence-corrected chi connectivity index (χ1v) is 6.72. The molecule has 1 N–H and O–H groups in total. The molecule has 0 atom stereocenters. The fourth-order valence-electron chi connectivity index (χ4n) is 2.44. The van der Waals surface area contributed by atoms with E-state index >= 15 is 0 Å². The lowest BCUT2D eigenvalue weighted by molar-refractivity contribution is 0.387. The van der Waals surface area contributed by atoms with Gasteiger partial charge in [0.1, 0.15) is 0 Å². The Bertz CT molecular complexity index is 376. The summed E-state index contributed by atoms with van der Waals surface area (Å²) in [5, 5.41) is 4.33. The summed E-state index contributed by atoms with van der Waals surface area (Å²) in [5.74, 6) is 0. The predicted octanol–water partition coefficient (Wildman–Crippen LogP) is 3.31. The van der Waals surface area contributed by atoms with Crippen molar-refractivity contribution in [3.05, 3.63) is 29.3 Å². The molecule has 17 heavy (non-hydrogen) atoms. The van der Waals surface area contributed by atoms with Gasteiger partial charge in [-0.2, -0.15) is 0 Å². The maximum absolute atomic E-state index is 6.32. The van der Waals surface area contributed by atoms with Gasteiger partial charge in [-0.3, -0.25) is 0 Å². The van der Waals surface area contributed by atoms with Crippen LogP contribution in [-0.2, 0) is 0 Å². The maximum Gasteiger partial charge on any atom is 0.0639 e. The Balaban J connectivity index is 2.29. The van der Waals surface area contributed by atoms with Gasteiger partial charge < -0.3 is 10.2 Å². The van der Waals surface area contributed by atoms with E-state index in [9.17, 15) is 0 Å². The highest BCUT2D eigenvalue weighted by Crippen LogP contribution is 2.32. The third kappa shape index (κ3) is 2.93. The summed E-state index contributed by atoms with van der Waals surface area (Å²) in [6.45, 7) is 7.82. The molecule has 94 valence electrons. The number of halogens is 1. The van der Waals surface area contributed by atoms with Crippen LogP contribution in [0.3, 0.4) is 0 Å². The van der Waals surface area contributed by atoms with Gasteiger partial charge >= 0.3 is 0 Å². The first-order valence-electron chi connectivity index (χ1n) is 6.34. The molecule has 1 aromatic carbocycles. The van der Waals surface area contributed by atoms with Crippen molar-refractivity contribution in [3.63, 3.8) is 0 Å². The van der Waals surface area contributed by atoms with Gasteiger partial charge in [0.2, 0.25) is 0 Å². The van der Waals surface area contributed by atoms with Gasteiger partial charge in [-0.15, -0.1) is 0 Å². The molecule has 0 radical (unpaired) electrons. The highest BCUT2D eigenvalue weighted by Gasteiger charge is 2.28. The van der Waals surface area contributed by atoms with Crippen LogP contribution < -0.4 is 10.2 Å². The molecule has 0 aliphatic carbocycles. The molecule has 1 aliphatic heterocycles. The van der Waals surface area contributed by atoms with E-state index in [-0.39, 0.29) is 5.54 Å². The van der Waals surface area contributed by atoms with Crippen LogP contribution in [0.25, 0.3) is 0 Å². The first kappa shape index (κ1) is 12.7. The molecular weight excluding hydrogens is 232 g/mol. The van der Waals surface area contributed by atoms with Crippen molar-refractivity contribution >= 4 is 17.3 Å². The van der Waals surface area contributed by atoms with E-state index in [1.54, 1.807) is 0 Å². The van der Waals surface area contributed by atoms with Gasteiger partial charge in [-0.25, -0.2) is 0 Å². The highest BCUT2D eigenvalue weighted by molar-refractivity contribution is 6.33. The van der Waals surface area contributed by atoms with Crippen LogP contribution in [0.2, 0.25) is 5.02 Å². The average molecular weight is 253 g/mol. The molecule has 1 fully saturated rings. The Labute approximate surface area is 109 Å². The van der Waals surface area contributed by atoms with Crippen LogP contribution in [0.4, 0.5) is 5.69 Å². The number of rotatable bonds is 1. The summed E-state index contributed by atoms with van der Waals surface area (Å²) in [6.07, 6.45) is 2.30. The zero-order valence-corrected chi connectivity index (χ0v) is 11.4. The molecule has 0 saturated carbocycles. The highest BCUT2D eigenvalue weighted by atomic mass is 35.5. The minimum Gasteiger partial charge on any atom is -0.365 e. The number of hydrogen-bond acceptors (Lipinski definition) is 2. The summed E-state index contributed by atoms with van der Waals surface area (Å²) < 4.78 is 0. The standard InChI is InChI=1S/C14H21ClN2/c1-14(2)8-10-16-9-5-11-17(14)13-7-4-3-6-12(13)15/h3-4,6-7,16H,5,8-11H2,1-2H3. The lowest BCUT2D eigenvalue weighted by Gasteiger charge is -2.42. The topological polar surface area (TPSA) is 15.3 Å². The quantitative estimate of drug-likeness (QED) is 0.825. The van der Waals surface area contributed by atoms with Crippen LogP contribution in [0.1, 0.15) is 26.7 Å². The zero-order chi connectivity index (χ0) is 12.3. The Morgan fingerprint density at radius 3 is 2.76 bits per heavy atom. The molecule has 1 aromatic rings. The molecule has 3 heteroatoms. The third-order valence-corrected chi connectivity index (χ3v) is 3.84. The van der Waals surface area contributed by atoms with Gasteiger partial charge in [0.15, 0.2) is 0 Å². The molecule has 0 amide bonds. The molecule has 1 aliphatic rings. The van der Waals surface area contributed by atoms with Crippen molar-refractivity contribution in [2.45, 2.75) is 32.2 Å². The zero-order valence-electron chi connectivity index (χ0n) is 10.7. The third-order valence-electron chi connectivity index (χ3n) is 3.52. The second-order valence-electron chi connectivity index (χ2n) is 5.27. The molecule has 1 heterocycles. The maximum atomic E-state index is 6.32. The van der Waals surface area contributed by atoms with Crippen molar-refractivity contribution < 1.29 is 0 Å². The molecule has 2 nitrogen and oxygen atoms in total. The molecule has 0 bridgehead atoms. The predicted molar refractivity (Wildman–Crippen MR) is 75.0 cm³/mol. The molecular formula is C14H21ClN2. The van der Waals surface area contributed by atoms with E-state index in [4.69, 9.17) is 11.6 Å². The lowest BCUT2D eigenvalue weighted by Crippen LogP contribution is -2.49. The normalized spacial score (nSPS) is 20.8. The number of anilines is 1. The van der Waals surface area contributed by atoms with Gasteiger partial charge in [-0.1, -0.05) is 23.7 Å². The SMILES string of the molecule is CC1(C)CCNCCCN1c1ccccc1Cl. The largest absolute Gasteiger partial charge is 0.365 e. The second kappa shape index (κ2) is 5.28. The minimum atomic E-state index is 0.151. The van der Waals surface area contributed by atoms with Gasteiger partial charge in [-0.05, 0) is 51.9 Å². The second-order valence-corrected chi connectivity index (χ2v) is 5.68. The Hall–Kier alpha value is -0.730. The van der Waals surface area contributed by atoms with Crippen molar-refractivity contribution in [1.29, 1.82) is 0 Å². The van der Waals surface area contributed by atoms with Crippen molar-refractivity contribution in [1.82, 2.24) is 5.32 Å². The fraction of sp³-hybridized carbons (Fsp3) is 0.571. The van der Waals surface area contributed by atoms with Crippen LogP contribution in [0, 0.1) is 0 Å². The number of hydrogen-bond donors (Lipinski definition) is 1. The van der Waals surface area contributed by atoms with E-state index in [1.165, 1.54) is 5.69 Å². The number of para-hydroxylation sites is 1. The number of nitrogens with one attached hydrogen (secondary N) is 1. The van der Waals surface area contributed by atoms with Crippen LogP contribution in [0.5, 0.6) is 0 Å². The van der Waals surface area contributed by atoms with Gasteiger partial charge in [0.25, 0.3) is 0 Å². The van der Waals surface area contributed by atoms with Crippen LogP contribution in [-0.4, -0.2) is 25.2 Å². The smallest absolute Gasteiger partial charge is 0.0639 e. The van der Waals surface area contributed by atoms with Gasteiger partial charge in [0.05, 0.1) is 10.7 Å². The monoisotopic (exact) mass is 252 g/mol. The lowest BCUT2D eigenvalue weighted by atomic mass is 9.95. The molecule has 0 unspecified atom stereocenters. The molecule has 0 aromatic heterocycles. The van der Waals surface area contributed by atoms with Crippen molar-refractivity contribution in [3.8, 4) is 0 Å². The van der Waals surface area contributed by atoms with Crippen molar-refractivity contribution in [2.75, 3.05) is 24.5 Å². The van der Waals surface area contributed by atoms with Crippen LogP contribution >= 0.6 is 11.6 Å². The summed E-state index contributed by atoms with van der Waals surface area (Å²) in [4.78, 5) is 2.45. The van der Waals surface area contributed by atoms with E-state index in [2.05, 4.69) is 36.2 Å². The van der Waals surface area contributed by atoms with Crippen molar-refractivity contribution in [2.24, 2.45) is 0 Å². The summed E-state index contributed by atoms with van der Waals surface area (Å²) >= 11 is 6.32. The van der Waals surface area contributed by atoms with E-state index in [1.807, 2.05) is 12.1 Å². The Morgan fingerprint density at radius 2 is 2.00 bits per heavy atom. The Kier molecular flexibility index (Phi) is 3.95. The fourth-order valence-corrected chi connectivity index (χ4v) is 2.67. The molecule has 2 rings (SSSR count). The average Bonchev–Trinajstić information content (AvgIpc) is 2.27. The number of benzene rings is 1. The molecule has 1 saturated heterocycles. The number of nitrogens with zero attached hydrogens (tertiary/aromatic N) is 1. The first-order chi connectivity index (χ1) is 8.11.